The van der Waals surface area contributed by atoms with Crippen LogP contribution in [0.4, 0.5) is 0 Å². The monoisotopic (exact) mass is 222 g/mol. The lowest BCUT2D eigenvalue weighted by Gasteiger charge is -2.07. The molecular weight excluding hydrogens is 208 g/mol. The van der Waals surface area contributed by atoms with E-state index in [4.69, 9.17) is 9.47 Å². The lowest BCUT2D eigenvalue weighted by Crippen LogP contribution is -2.08. The molecule has 0 heterocycles. The first-order valence-corrected chi connectivity index (χ1v) is 5.05. The summed E-state index contributed by atoms with van der Waals surface area (Å²) in [7, 11) is 1.51. The summed E-state index contributed by atoms with van der Waals surface area (Å²) in [5.74, 6) is 0.488. The molecule has 0 aliphatic carbocycles. The number of methoxy groups -OCH3 is 1. The van der Waals surface area contributed by atoms with Gasteiger partial charge in [0.2, 0.25) is 0 Å². The van der Waals surface area contributed by atoms with Crippen LogP contribution in [0.25, 0.3) is 0 Å². The molecule has 0 saturated heterocycles. The summed E-state index contributed by atoms with van der Waals surface area (Å²) in [4.78, 5) is 22.1. The first-order valence-electron chi connectivity index (χ1n) is 5.05. The van der Waals surface area contributed by atoms with Gasteiger partial charge >= 0.3 is 5.97 Å². The molecule has 1 aromatic carbocycles. The summed E-state index contributed by atoms with van der Waals surface area (Å²) in [6.45, 7) is 1.88. The maximum absolute atomic E-state index is 11.3. The minimum Gasteiger partial charge on any atom is -0.497 e. The molecule has 86 valence electrons. The van der Waals surface area contributed by atoms with Crippen LogP contribution in [0.1, 0.15) is 30.1 Å². The highest BCUT2D eigenvalue weighted by molar-refractivity contribution is 5.83. The van der Waals surface area contributed by atoms with E-state index in [9.17, 15) is 9.59 Å². The number of carbonyl (C=O) groups is 2. The van der Waals surface area contributed by atoms with Crippen LogP contribution in [0.5, 0.6) is 11.5 Å². The molecule has 0 aliphatic rings. The van der Waals surface area contributed by atoms with E-state index in [1.54, 1.807) is 12.1 Å². The van der Waals surface area contributed by atoms with Gasteiger partial charge in [-0.1, -0.05) is 6.92 Å². The minimum atomic E-state index is -0.337. The first-order chi connectivity index (χ1) is 7.71. The standard InChI is InChI=1S/C12H14O4/c1-3-4-12(14)16-11-6-5-10(15-2)7-9(11)8-13/h5-8H,3-4H2,1-2H3. The molecule has 1 rings (SSSR count). The summed E-state index contributed by atoms with van der Waals surface area (Å²) in [5.41, 5.74) is 0.309. The second-order valence-electron chi connectivity index (χ2n) is 3.25. The minimum absolute atomic E-state index is 0.272. The molecule has 0 saturated carbocycles. The van der Waals surface area contributed by atoms with Crippen LogP contribution in [0.2, 0.25) is 0 Å². The Morgan fingerprint density at radius 1 is 1.44 bits per heavy atom. The van der Waals surface area contributed by atoms with Crippen LogP contribution >= 0.6 is 0 Å². The SMILES string of the molecule is CCCC(=O)Oc1ccc(OC)cc1C=O. The Balaban J connectivity index is 2.87. The van der Waals surface area contributed by atoms with Crippen molar-refractivity contribution < 1.29 is 19.1 Å². The predicted molar refractivity (Wildman–Crippen MR) is 58.9 cm³/mol. The molecular formula is C12H14O4. The van der Waals surface area contributed by atoms with Gasteiger partial charge in [-0.05, 0) is 24.6 Å². The van der Waals surface area contributed by atoms with E-state index in [-0.39, 0.29) is 11.7 Å². The average molecular weight is 222 g/mol. The van der Waals surface area contributed by atoms with Crippen LogP contribution in [-0.2, 0) is 4.79 Å². The predicted octanol–water partition coefficient (Wildman–Crippen LogP) is 2.21. The van der Waals surface area contributed by atoms with Crippen LogP contribution < -0.4 is 9.47 Å². The van der Waals surface area contributed by atoms with Gasteiger partial charge < -0.3 is 9.47 Å². The van der Waals surface area contributed by atoms with E-state index in [1.807, 2.05) is 6.92 Å². The number of rotatable bonds is 5. The zero-order valence-electron chi connectivity index (χ0n) is 9.36. The fourth-order valence-electron chi connectivity index (χ4n) is 1.22. The number of esters is 1. The topological polar surface area (TPSA) is 52.6 Å². The highest BCUT2D eigenvalue weighted by Gasteiger charge is 2.09. The van der Waals surface area contributed by atoms with Gasteiger partial charge in [-0.3, -0.25) is 9.59 Å². The Morgan fingerprint density at radius 3 is 2.75 bits per heavy atom. The molecule has 0 unspecified atom stereocenters. The lowest BCUT2D eigenvalue weighted by molar-refractivity contribution is -0.134. The molecule has 0 bridgehead atoms. The fraction of sp³-hybridized carbons (Fsp3) is 0.333. The van der Waals surface area contributed by atoms with Crippen molar-refractivity contribution >= 4 is 12.3 Å². The van der Waals surface area contributed by atoms with Crippen molar-refractivity contribution in [2.45, 2.75) is 19.8 Å². The zero-order valence-corrected chi connectivity index (χ0v) is 9.36. The van der Waals surface area contributed by atoms with Gasteiger partial charge in [0.25, 0.3) is 0 Å². The number of ether oxygens (including phenoxy) is 2. The second-order valence-corrected chi connectivity index (χ2v) is 3.25. The maximum Gasteiger partial charge on any atom is 0.311 e. The third kappa shape index (κ3) is 3.08. The van der Waals surface area contributed by atoms with Crippen LogP contribution in [0, 0.1) is 0 Å². The van der Waals surface area contributed by atoms with Crippen molar-refractivity contribution in [3.05, 3.63) is 23.8 Å². The Bertz CT molecular complexity index is 385. The zero-order chi connectivity index (χ0) is 12.0. The van der Waals surface area contributed by atoms with Gasteiger partial charge in [-0.15, -0.1) is 0 Å². The van der Waals surface area contributed by atoms with Gasteiger partial charge in [-0.25, -0.2) is 0 Å². The van der Waals surface area contributed by atoms with E-state index in [0.29, 0.717) is 30.4 Å². The first kappa shape index (κ1) is 12.2. The molecule has 0 spiro atoms. The van der Waals surface area contributed by atoms with Gasteiger partial charge in [0.1, 0.15) is 11.5 Å². The van der Waals surface area contributed by atoms with E-state index in [0.717, 1.165) is 0 Å². The Morgan fingerprint density at radius 2 is 2.19 bits per heavy atom. The maximum atomic E-state index is 11.3. The highest BCUT2D eigenvalue weighted by atomic mass is 16.5. The van der Waals surface area contributed by atoms with Gasteiger partial charge in [0.15, 0.2) is 6.29 Å². The number of hydrogen-bond donors (Lipinski definition) is 0. The molecule has 4 heteroatoms. The van der Waals surface area contributed by atoms with Crippen molar-refractivity contribution in [3.63, 3.8) is 0 Å². The summed E-state index contributed by atoms with van der Waals surface area (Å²) in [6, 6.07) is 4.72. The molecule has 0 N–H and O–H groups in total. The van der Waals surface area contributed by atoms with Crippen molar-refractivity contribution in [2.75, 3.05) is 7.11 Å². The smallest absolute Gasteiger partial charge is 0.311 e. The fourth-order valence-corrected chi connectivity index (χ4v) is 1.22. The number of carbonyl (C=O) groups excluding carboxylic acids is 2. The Kier molecular flexibility index (Phi) is 4.51. The average Bonchev–Trinajstić information content (AvgIpc) is 2.30. The van der Waals surface area contributed by atoms with Crippen LogP contribution in [-0.4, -0.2) is 19.4 Å². The van der Waals surface area contributed by atoms with Crippen LogP contribution in [0.15, 0.2) is 18.2 Å². The molecule has 4 nitrogen and oxygen atoms in total. The van der Waals surface area contributed by atoms with E-state index in [2.05, 4.69) is 0 Å². The molecule has 0 aliphatic heterocycles. The molecule has 1 aromatic rings. The van der Waals surface area contributed by atoms with Crippen molar-refractivity contribution in [1.29, 1.82) is 0 Å². The van der Waals surface area contributed by atoms with E-state index >= 15 is 0 Å². The molecule has 0 radical (unpaired) electrons. The molecule has 0 amide bonds. The number of benzene rings is 1. The van der Waals surface area contributed by atoms with E-state index in [1.165, 1.54) is 13.2 Å². The normalized spacial score (nSPS) is 9.62. The molecule has 0 fully saturated rings. The third-order valence-electron chi connectivity index (χ3n) is 2.02. The quantitative estimate of drug-likeness (QED) is 0.435. The van der Waals surface area contributed by atoms with Crippen molar-refractivity contribution in [1.82, 2.24) is 0 Å². The second kappa shape index (κ2) is 5.90. The van der Waals surface area contributed by atoms with Crippen molar-refractivity contribution in [3.8, 4) is 11.5 Å². The van der Waals surface area contributed by atoms with Gasteiger partial charge in [0.05, 0.1) is 12.7 Å². The molecule has 16 heavy (non-hydrogen) atoms. The summed E-state index contributed by atoms with van der Waals surface area (Å²) < 4.78 is 10.0. The number of hydrogen-bond acceptors (Lipinski definition) is 4. The summed E-state index contributed by atoms with van der Waals surface area (Å²) in [5, 5.41) is 0. The van der Waals surface area contributed by atoms with Gasteiger partial charge in [-0.2, -0.15) is 0 Å². The largest absolute Gasteiger partial charge is 0.497 e. The van der Waals surface area contributed by atoms with E-state index < -0.39 is 0 Å². The lowest BCUT2D eigenvalue weighted by atomic mass is 10.2. The third-order valence-corrected chi connectivity index (χ3v) is 2.02. The molecule has 0 atom stereocenters. The van der Waals surface area contributed by atoms with Gasteiger partial charge in [0, 0.05) is 6.42 Å². The summed E-state index contributed by atoms with van der Waals surface area (Å²) >= 11 is 0. The Hall–Kier alpha value is -1.84. The Labute approximate surface area is 94.2 Å². The highest BCUT2D eigenvalue weighted by Crippen LogP contribution is 2.23. The van der Waals surface area contributed by atoms with Crippen molar-refractivity contribution in [2.24, 2.45) is 0 Å². The molecule has 0 aromatic heterocycles. The number of aldehydes is 1. The van der Waals surface area contributed by atoms with Crippen LogP contribution in [0.3, 0.4) is 0 Å². The summed E-state index contributed by atoms with van der Waals surface area (Å²) in [6.07, 6.45) is 1.69.